The Kier molecular flexibility index (Phi) is 11.6. The highest BCUT2D eigenvalue weighted by Gasteiger charge is 2.10. The Bertz CT molecular complexity index is 809. The molecule has 0 aliphatic carbocycles. The van der Waals surface area contributed by atoms with Gasteiger partial charge in [-0.25, -0.2) is 13.2 Å². The molecule has 0 saturated carbocycles. The summed E-state index contributed by atoms with van der Waals surface area (Å²) in [4.78, 5) is 8.84. The van der Waals surface area contributed by atoms with E-state index in [4.69, 9.17) is 4.89 Å². The topological polar surface area (TPSA) is 58.6 Å². The summed E-state index contributed by atoms with van der Waals surface area (Å²) in [5, 5.41) is 2.96. The van der Waals surface area contributed by atoms with Crippen LogP contribution in [0.2, 0.25) is 0 Å². The predicted octanol–water partition coefficient (Wildman–Crippen LogP) is 5.49. The first-order chi connectivity index (χ1) is 14.5. The third-order valence-corrected chi connectivity index (χ3v) is 5.99. The average molecular weight is 461 g/mol. The maximum atomic E-state index is 14.3. The zero-order chi connectivity index (χ0) is 21.8. The normalized spacial score (nSPS) is 12.3. The quantitative estimate of drug-likeness (QED) is 0.221. The summed E-state index contributed by atoms with van der Waals surface area (Å²) in [7, 11) is -2.92. The van der Waals surface area contributed by atoms with Gasteiger partial charge in [-0.3, -0.25) is 4.57 Å². The van der Waals surface area contributed by atoms with E-state index in [0.29, 0.717) is 23.6 Å². The number of hydrogen-bond acceptors (Lipinski definition) is 4. The van der Waals surface area contributed by atoms with Crippen molar-refractivity contribution in [2.24, 2.45) is 0 Å². The van der Waals surface area contributed by atoms with Gasteiger partial charge < -0.3 is 14.7 Å². The molecule has 0 aliphatic rings. The summed E-state index contributed by atoms with van der Waals surface area (Å²) < 4.78 is 56.3. The fraction of sp³-hybridized carbons (Fsp3) is 0.429. The molecule has 1 unspecified atom stereocenters. The van der Waals surface area contributed by atoms with Gasteiger partial charge in [0.15, 0.2) is 0 Å². The van der Waals surface area contributed by atoms with Crippen molar-refractivity contribution in [2.75, 3.05) is 18.9 Å². The molecule has 0 aliphatic heterocycles. The van der Waals surface area contributed by atoms with Crippen LogP contribution in [0.15, 0.2) is 41.3 Å². The molecule has 0 heterocycles. The Morgan fingerprint density at radius 2 is 1.77 bits per heavy atom. The Balaban J connectivity index is 1.65. The highest BCUT2D eigenvalue weighted by Crippen LogP contribution is 2.26. The van der Waals surface area contributed by atoms with E-state index in [0.717, 1.165) is 31.2 Å². The Hall–Kier alpha value is -1.31. The molecule has 9 heteroatoms. The molecule has 166 valence electrons. The minimum absolute atomic E-state index is 0.137. The van der Waals surface area contributed by atoms with E-state index in [2.05, 4.69) is 9.84 Å². The van der Waals surface area contributed by atoms with Gasteiger partial charge in [0.05, 0.1) is 6.61 Å². The molecule has 2 aromatic carbocycles. The van der Waals surface area contributed by atoms with E-state index in [1.54, 1.807) is 12.1 Å². The molecule has 0 spiro atoms. The fourth-order valence-corrected chi connectivity index (χ4v) is 4.11. The van der Waals surface area contributed by atoms with Gasteiger partial charge in [0, 0.05) is 17.0 Å². The Morgan fingerprint density at radius 3 is 2.50 bits per heavy atom. The van der Waals surface area contributed by atoms with Crippen LogP contribution < -0.4 is 5.32 Å². The molecule has 0 aromatic heterocycles. The highest BCUT2D eigenvalue weighted by molar-refractivity contribution is 7.99. The fourth-order valence-electron chi connectivity index (χ4n) is 2.84. The molecule has 2 aromatic rings. The summed E-state index contributed by atoms with van der Waals surface area (Å²) in [5.41, 5.74) is 1.34. The van der Waals surface area contributed by atoms with Crippen LogP contribution in [0.5, 0.6) is 0 Å². The molecule has 30 heavy (non-hydrogen) atoms. The van der Waals surface area contributed by atoms with Crippen LogP contribution in [0.3, 0.4) is 0 Å². The smallest absolute Gasteiger partial charge is 0.316 e. The lowest BCUT2D eigenvalue weighted by Gasteiger charge is -2.09. The molecule has 1 atom stereocenters. The second kappa shape index (κ2) is 13.9. The van der Waals surface area contributed by atoms with E-state index in [9.17, 15) is 17.7 Å². The molecule has 2 N–H and O–H groups in total. The van der Waals surface area contributed by atoms with Crippen molar-refractivity contribution in [2.45, 2.75) is 43.5 Å². The molecule has 0 radical (unpaired) electrons. The number of hydrogen-bond donors (Lipinski definition) is 2. The second-order valence-electron chi connectivity index (χ2n) is 6.80. The number of unbranched alkanes of at least 4 members (excludes halogenated alkanes) is 2. The lowest BCUT2D eigenvalue weighted by Crippen LogP contribution is -2.17. The van der Waals surface area contributed by atoms with Crippen molar-refractivity contribution in [3.63, 3.8) is 0 Å². The number of benzene rings is 2. The van der Waals surface area contributed by atoms with Crippen LogP contribution >= 0.6 is 20.0 Å². The lowest BCUT2D eigenvalue weighted by atomic mass is 10.1. The largest absolute Gasteiger partial charge is 0.326 e. The van der Waals surface area contributed by atoms with Crippen molar-refractivity contribution in [1.29, 1.82) is 0 Å². The molecule has 0 bridgehead atoms. The van der Waals surface area contributed by atoms with E-state index in [1.807, 2.05) is 0 Å². The van der Waals surface area contributed by atoms with Crippen molar-refractivity contribution in [3.8, 4) is 0 Å². The van der Waals surface area contributed by atoms with Gasteiger partial charge in [-0.15, -0.1) is 11.8 Å². The molecule has 0 fully saturated rings. The number of nitrogens with one attached hydrogen (secondary N) is 1. The maximum Gasteiger partial charge on any atom is 0.316 e. The third kappa shape index (κ3) is 9.67. The van der Waals surface area contributed by atoms with Gasteiger partial charge in [0.1, 0.15) is 17.5 Å². The molecule has 0 saturated heterocycles. The van der Waals surface area contributed by atoms with Crippen LogP contribution in [-0.2, 0) is 22.1 Å². The minimum atomic E-state index is -2.92. The minimum Gasteiger partial charge on any atom is -0.326 e. The lowest BCUT2D eigenvalue weighted by molar-refractivity contribution is 0.276. The van der Waals surface area contributed by atoms with Crippen LogP contribution in [-0.4, -0.2) is 23.8 Å². The summed E-state index contributed by atoms with van der Waals surface area (Å²) >= 11 is 1.30. The van der Waals surface area contributed by atoms with Crippen LogP contribution in [0.4, 0.5) is 13.2 Å². The van der Waals surface area contributed by atoms with Crippen LogP contribution in [0.25, 0.3) is 0 Å². The van der Waals surface area contributed by atoms with Gasteiger partial charge in [0.2, 0.25) is 0 Å². The summed E-state index contributed by atoms with van der Waals surface area (Å²) in [6, 6.07) is 8.92. The van der Waals surface area contributed by atoms with Crippen molar-refractivity contribution in [1.82, 2.24) is 5.32 Å². The van der Waals surface area contributed by atoms with Gasteiger partial charge >= 0.3 is 8.25 Å². The van der Waals surface area contributed by atoms with Crippen LogP contribution in [0, 0.1) is 17.5 Å². The first-order valence-corrected chi connectivity index (χ1v) is 12.1. The van der Waals surface area contributed by atoms with Crippen LogP contribution in [0.1, 0.15) is 36.8 Å². The SMILES string of the molecule is O=[PH](O)OCCCNCc1cc(F)c(SCCCCCc2ccc(F)cc2)cc1F. The average Bonchev–Trinajstić information content (AvgIpc) is 2.71. The van der Waals surface area contributed by atoms with Gasteiger partial charge in [0.25, 0.3) is 0 Å². The molecule has 0 amide bonds. The first-order valence-electron chi connectivity index (χ1n) is 9.87. The first kappa shape index (κ1) is 25.0. The predicted molar refractivity (Wildman–Crippen MR) is 115 cm³/mol. The van der Waals surface area contributed by atoms with Gasteiger partial charge in [-0.05, 0) is 67.8 Å². The van der Waals surface area contributed by atoms with E-state index >= 15 is 0 Å². The van der Waals surface area contributed by atoms with Crippen molar-refractivity contribution in [3.05, 3.63) is 65.0 Å². The maximum absolute atomic E-state index is 14.3. The monoisotopic (exact) mass is 461 g/mol. The zero-order valence-corrected chi connectivity index (χ0v) is 18.5. The zero-order valence-electron chi connectivity index (χ0n) is 16.6. The Labute approximate surface area is 180 Å². The molecular formula is C21H27F3NO3PS. The highest BCUT2D eigenvalue weighted by atomic mass is 32.2. The number of rotatable bonds is 14. The summed E-state index contributed by atoms with van der Waals surface area (Å²) in [6.07, 6.45) is 4.19. The van der Waals surface area contributed by atoms with E-state index in [-0.39, 0.29) is 24.5 Å². The number of halogens is 3. The van der Waals surface area contributed by atoms with Crippen molar-refractivity contribution >= 4 is 20.0 Å². The molecular weight excluding hydrogens is 434 g/mol. The van der Waals surface area contributed by atoms with Gasteiger partial charge in [-0.2, -0.15) is 0 Å². The number of thioether (sulfide) groups is 1. The van der Waals surface area contributed by atoms with Crippen molar-refractivity contribution < 1.29 is 27.2 Å². The molecule has 4 nitrogen and oxygen atoms in total. The molecule has 2 rings (SSSR count). The second-order valence-corrected chi connectivity index (χ2v) is 8.76. The Morgan fingerprint density at radius 1 is 1.00 bits per heavy atom. The summed E-state index contributed by atoms with van der Waals surface area (Å²) in [5.74, 6) is -0.435. The standard InChI is InChI=1S/C21H27F3NO3PS/c22-18-8-6-16(7-9-18)5-2-1-3-12-30-21-14-19(23)17(13-20(21)24)15-25-10-4-11-28-29(26)27/h6-9,13-14,25,29H,1-5,10-12,15H2,(H,26,27). The van der Waals surface area contributed by atoms with E-state index in [1.165, 1.54) is 36.0 Å². The third-order valence-electron chi connectivity index (χ3n) is 4.42. The van der Waals surface area contributed by atoms with E-state index < -0.39 is 19.9 Å². The summed E-state index contributed by atoms with van der Waals surface area (Å²) in [6.45, 7) is 0.771. The van der Waals surface area contributed by atoms with Gasteiger partial charge in [-0.1, -0.05) is 18.6 Å². The number of aryl methyl sites for hydroxylation is 1.